The summed E-state index contributed by atoms with van der Waals surface area (Å²) in [4.78, 5) is 24.2. The molecule has 2 amide bonds. The lowest BCUT2D eigenvalue weighted by Gasteiger charge is -2.12. The zero-order valence-electron chi connectivity index (χ0n) is 14.5. The van der Waals surface area contributed by atoms with Crippen molar-refractivity contribution in [3.63, 3.8) is 0 Å². The third kappa shape index (κ3) is 6.35. The van der Waals surface area contributed by atoms with Gasteiger partial charge in [-0.3, -0.25) is 9.59 Å². The van der Waals surface area contributed by atoms with Crippen molar-refractivity contribution in [1.82, 2.24) is 10.6 Å². The van der Waals surface area contributed by atoms with Crippen molar-refractivity contribution in [2.24, 2.45) is 0 Å². The largest absolute Gasteiger partial charge is 0.352 e. The van der Waals surface area contributed by atoms with Crippen LogP contribution >= 0.6 is 15.9 Å². The van der Waals surface area contributed by atoms with Gasteiger partial charge in [-0.05, 0) is 48.7 Å². The minimum Gasteiger partial charge on any atom is -0.352 e. The standard InChI is InChI=1S/C20H23BrN2O2/c1-3-14(2)23-20(25)17-6-4-5-16(11-17)13-22-19(24)12-15-7-9-18(21)10-8-15/h4-11,14H,3,12-13H2,1-2H3,(H,22,24)(H,23,25). The van der Waals surface area contributed by atoms with Gasteiger partial charge in [0.25, 0.3) is 5.91 Å². The van der Waals surface area contributed by atoms with Gasteiger partial charge in [0, 0.05) is 22.6 Å². The van der Waals surface area contributed by atoms with Crippen LogP contribution in [0.4, 0.5) is 0 Å². The third-order valence-electron chi connectivity index (χ3n) is 3.95. The molecule has 1 unspecified atom stereocenters. The topological polar surface area (TPSA) is 58.2 Å². The predicted molar refractivity (Wildman–Crippen MR) is 103 cm³/mol. The Morgan fingerprint density at radius 2 is 1.80 bits per heavy atom. The zero-order valence-corrected chi connectivity index (χ0v) is 16.1. The van der Waals surface area contributed by atoms with Crippen LogP contribution in [0.5, 0.6) is 0 Å². The molecule has 2 aromatic carbocycles. The molecule has 0 aromatic heterocycles. The highest BCUT2D eigenvalue weighted by Gasteiger charge is 2.09. The highest BCUT2D eigenvalue weighted by Crippen LogP contribution is 2.11. The van der Waals surface area contributed by atoms with E-state index in [0.717, 1.165) is 22.0 Å². The van der Waals surface area contributed by atoms with Crippen molar-refractivity contribution in [3.8, 4) is 0 Å². The van der Waals surface area contributed by atoms with Crippen LogP contribution in [-0.4, -0.2) is 17.9 Å². The Balaban J connectivity index is 1.90. The Bertz CT molecular complexity index is 729. The molecular weight excluding hydrogens is 380 g/mol. The summed E-state index contributed by atoms with van der Waals surface area (Å²) in [5.74, 6) is -0.130. The predicted octanol–water partition coefficient (Wildman–Crippen LogP) is 3.84. The average molecular weight is 403 g/mol. The van der Waals surface area contributed by atoms with Crippen molar-refractivity contribution >= 4 is 27.7 Å². The van der Waals surface area contributed by atoms with Crippen LogP contribution in [-0.2, 0) is 17.8 Å². The molecule has 4 nitrogen and oxygen atoms in total. The summed E-state index contributed by atoms with van der Waals surface area (Å²) in [6.07, 6.45) is 1.22. The van der Waals surface area contributed by atoms with Crippen molar-refractivity contribution in [2.45, 2.75) is 39.3 Å². The summed E-state index contributed by atoms with van der Waals surface area (Å²) < 4.78 is 0.990. The van der Waals surface area contributed by atoms with E-state index in [0.29, 0.717) is 18.5 Å². The number of nitrogens with one attached hydrogen (secondary N) is 2. The monoisotopic (exact) mass is 402 g/mol. The van der Waals surface area contributed by atoms with Crippen molar-refractivity contribution < 1.29 is 9.59 Å². The zero-order chi connectivity index (χ0) is 18.2. The van der Waals surface area contributed by atoms with Crippen LogP contribution in [0.3, 0.4) is 0 Å². The Morgan fingerprint density at radius 1 is 1.08 bits per heavy atom. The smallest absolute Gasteiger partial charge is 0.251 e. The van der Waals surface area contributed by atoms with E-state index in [2.05, 4.69) is 26.6 Å². The van der Waals surface area contributed by atoms with Crippen LogP contribution in [0.25, 0.3) is 0 Å². The Labute approximate surface area is 157 Å². The molecule has 0 saturated carbocycles. The van der Waals surface area contributed by atoms with E-state index in [1.807, 2.05) is 56.3 Å². The molecule has 132 valence electrons. The fraction of sp³-hybridized carbons (Fsp3) is 0.300. The molecule has 0 bridgehead atoms. The summed E-state index contributed by atoms with van der Waals surface area (Å²) in [6, 6.07) is 15.2. The van der Waals surface area contributed by atoms with E-state index >= 15 is 0 Å². The molecule has 0 heterocycles. The van der Waals surface area contributed by atoms with Gasteiger partial charge in [-0.15, -0.1) is 0 Å². The number of halogens is 1. The first-order valence-corrected chi connectivity index (χ1v) is 9.18. The van der Waals surface area contributed by atoms with E-state index < -0.39 is 0 Å². The van der Waals surface area contributed by atoms with Gasteiger partial charge in [-0.25, -0.2) is 0 Å². The number of amides is 2. The minimum absolute atomic E-state index is 0.0446. The summed E-state index contributed by atoms with van der Waals surface area (Å²) in [5, 5.41) is 5.84. The first kappa shape index (κ1) is 19.2. The van der Waals surface area contributed by atoms with Crippen LogP contribution in [0.15, 0.2) is 53.0 Å². The van der Waals surface area contributed by atoms with Gasteiger partial charge < -0.3 is 10.6 Å². The molecule has 5 heteroatoms. The molecule has 0 saturated heterocycles. The van der Waals surface area contributed by atoms with Crippen molar-refractivity contribution in [1.29, 1.82) is 0 Å². The fourth-order valence-electron chi connectivity index (χ4n) is 2.28. The van der Waals surface area contributed by atoms with Crippen LogP contribution in [0, 0.1) is 0 Å². The van der Waals surface area contributed by atoms with Gasteiger partial charge in [0.05, 0.1) is 6.42 Å². The second kappa shape index (κ2) is 9.37. The number of carbonyl (C=O) groups excluding carboxylic acids is 2. The van der Waals surface area contributed by atoms with Gasteiger partial charge >= 0.3 is 0 Å². The van der Waals surface area contributed by atoms with E-state index in [4.69, 9.17) is 0 Å². The Kier molecular flexibility index (Phi) is 7.19. The SMILES string of the molecule is CCC(C)NC(=O)c1cccc(CNC(=O)Cc2ccc(Br)cc2)c1. The lowest BCUT2D eigenvalue weighted by molar-refractivity contribution is -0.120. The van der Waals surface area contributed by atoms with Crippen LogP contribution in [0.1, 0.15) is 41.8 Å². The van der Waals surface area contributed by atoms with Gasteiger partial charge in [0.15, 0.2) is 0 Å². The molecule has 0 spiro atoms. The molecular formula is C20H23BrN2O2. The van der Waals surface area contributed by atoms with Crippen LogP contribution in [0.2, 0.25) is 0 Å². The maximum Gasteiger partial charge on any atom is 0.251 e. The van der Waals surface area contributed by atoms with E-state index in [1.165, 1.54) is 0 Å². The van der Waals surface area contributed by atoms with Crippen molar-refractivity contribution in [3.05, 3.63) is 69.7 Å². The number of rotatable bonds is 7. The first-order valence-electron chi connectivity index (χ1n) is 8.39. The lowest BCUT2D eigenvalue weighted by Crippen LogP contribution is -2.32. The van der Waals surface area contributed by atoms with Crippen molar-refractivity contribution in [2.75, 3.05) is 0 Å². The maximum atomic E-state index is 12.2. The Hall–Kier alpha value is -2.14. The summed E-state index contributed by atoms with van der Waals surface area (Å²) in [6.45, 7) is 4.41. The molecule has 0 aliphatic carbocycles. The third-order valence-corrected chi connectivity index (χ3v) is 4.48. The van der Waals surface area contributed by atoms with Gasteiger partial charge in [-0.1, -0.05) is 47.1 Å². The highest BCUT2D eigenvalue weighted by molar-refractivity contribution is 9.10. The number of carbonyl (C=O) groups is 2. The molecule has 25 heavy (non-hydrogen) atoms. The lowest BCUT2D eigenvalue weighted by atomic mass is 10.1. The van der Waals surface area contributed by atoms with E-state index in [9.17, 15) is 9.59 Å². The van der Waals surface area contributed by atoms with Gasteiger partial charge in [-0.2, -0.15) is 0 Å². The second-order valence-electron chi connectivity index (χ2n) is 6.06. The summed E-state index contributed by atoms with van der Waals surface area (Å²) >= 11 is 3.38. The van der Waals surface area contributed by atoms with Gasteiger partial charge in [0.2, 0.25) is 5.91 Å². The van der Waals surface area contributed by atoms with E-state index in [-0.39, 0.29) is 17.9 Å². The first-order chi connectivity index (χ1) is 12.0. The maximum absolute atomic E-state index is 12.2. The molecule has 0 radical (unpaired) electrons. The molecule has 2 N–H and O–H groups in total. The molecule has 0 fully saturated rings. The fourth-order valence-corrected chi connectivity index (χ4v) is 2.55. The summed E-state index contributed by atoms with van der Waals surface area (Å²) in [5.41, 5.74) is 2.48. The normalized spacial score (nSPS) is 11.6. The van der Waals surface area contributed by atoms with Crippen LogP contribution < -0.4 is 10.6 Å². The second-order valence-corrected chi connectivity index (χ2v) is 6.98. The molecule has 1 atom stereocenters. The molecule has 2 aromatic rings. The minimum atomic E-state index is -0.0858. The van der Waals surface area contributed by atoms with E-state index in [1.54, 1.807) is 6.07 Å². The number of hydrogen-bond donors (Lipinski definition) is 2. The molecule has 0 aliphatic heterocycles. The summed E-state index contributed by atoms with van der Waals surface area (Å²) in [7, 11) is 0. The molecule has 2 rings (SSSR count). The Morgan fingerprint density at radius 3 is 2.48 bits per heavy atom. The molecule has 0 aliphatic rings. The average Bonchev–Trinajstić information content (AvgIpc) is 2.62. The number of hydrogen-bond acceptors (Lipinski definition) is 2. The quantitative estimate of drug-likeness (QED) is 0.738. The highest BCUT2D eigenvalue weighted by atomic mass is 79.9. The van der Waals surface area contributed by atoms with Gasteiger partial charge in [0.1, 0.15) is 0 Å². The number of benzene rings is 2.